The fraction of sp³-hybridized carbons (Fsp3) is 0.368. The molecule has 0 aliphatic carbocycles. The lowest BCUT2D eigenvalue weighted by Gasteiger charge is -2.25. The molecule has 4 nitrogen and oxygen atoms in total. The molecule has 2 aromatic rings. The molecular weight excluding hydrogens is 286 g/mol. The van der Waals surface area contributed by atoms with Crippen LogP contribution in [-0.2, 0) is 4.79 Å². The number of amides is 1. The first-order valence-electron chi connectivity index (χ1n) is 8.02. The van der Waals surface area contributed by atoms with Crippen LogP contribution >= 0.6 is 0 Å². The molecule has 1 unspecified atom stereocenters. The molecule has 0 spiro atoms. The van der Waals surface area contributed by atoms with Crippen molar-refractivity contribution in [3.8, 4) is 0 Å². The van der Waals surface area contributed by atoms with Gasteiger partial charge < -0.3 is 5.32 Å². The van der Waals surface area contributed by atoms with Gasteiger partial charge >= 0.3 is 0 Å². The van der Waals surface area contributed by atoms with Crippen molar-refractivity contribution < 1.29 is 4.79 Å². The third-order valence-electron chi connectivity index (χ3n) is 3.94. The lowest BCUT2D eigenvalue weighted by molar-refractivity contribution is -0.121. The van der Waals surface area contributed by atoms with E-state index in [2.05, 4.69) is 22.5 Å². The second-order valence-corrected chi connectivity index (χ2v) is 6.26. The van der Waals surface area contributed by atoms with Crippen LogP contribution in [0.15, 0.2) is 54.7 Å². The molecule has 0 radical (unpaired) electrons. The summed E-state index contributed by atoms with van der Waals surface area (Å²) in [5, 5.41) is 6.37. The van der Waals surface area contributed by atoms with Gasteiger partial charge in [0.1, 0.15) is 0 Å². The van der Waals surface area contributed by atoms with E-state index in [9.17, 15) is 4.79 Å². The molecule has 23 heavy (non-hydrogen) atoms. The van der Waals surface area contributed by atoms with Gasteiger partial charge in [-0.15, -0.1) is 0 Å². The lowest BCUT2D eigenvalue weighted by Crippen LogP contribution is -2.47. The van der Waals surface area contributed by atoms with Crippen LogP contribution in [0.4, 0.5) is 0 Å². The molecule has 1 amide bonds. The Morgan fingerprint density at radius 1 is 1.13 bits per heavy atom. The fourth-order valence-corrected chi connectivity index (χ4v) is 2.29. The average molecular weight is 311 g/mol. The lowest BCUT2D eigenvalue weighted by atomic mass is 10.0. The number of benzene rings is 1. The Morgan fingerprint density at radius 3 is 2.43 bits per heavy atom. The minimum atomic E-state index is -0.188. The number of carbonyl (C=O) groups excluding carboxylic acids is 1. The highest BCUT2D eigenvalue weighted by atomic mass is 16.2. The highest BCUT2D eigenvalue weighted by molar-refractivity contribution is 5.78. The smallest absolute Gasteiger partial charge is 0.234 e. The highest BCUT2D eigenvalue weighted by Crippen LogP contribution is 2.19. The Kier molecular flexibility index (Phi) is 5.88. The van der Waals surface area contributed by atoms with Crippen molar-refractivity contribution in [1.29, 1.82) is 0 Å². The van der Waals surface area contributed by atoms with Crippen molar-refractivity contribution >= 4 is 5.91 Å². The van der Waals surface area contributed by atoms with E-state index in [1.54, 1.807) is 6.20 Å². The van der Waals surface area contributed by atoms with Crippen molar-refractivity contribution in [1.82, 2.24) is 15.6 Å². The summed E-state index contributed by atoms with van der Waals surface area (Å²) in [6.07, 6.45) is 2.66. The van der Waals surface area contributed by atoms with E-state index in [1.165, 1.54) is 0 Å². The maximum absolute atomic E-state index is 12.2. The van der Waals surface area contributed by atoms with Crippen LogP contribution in [0.2, 0.25) is 0 Å². The Balaban J connectivity index is 2.09. The van der Waals surface area contributed by atoms with Gasteiger partial charge in [0.25, 0.3) is 0 Å². The van der Waals surface area contributed by atoms with Crippen LogP contribution in [0, 0.1) is 0 Å². The van der Waals surface area contributed by atoms with Crippen molar-refractivity contribution in [3.05, 3.63) is 66.0 Å². The molecular formula is C19H25N3O. The zero-order valence-electron chi connectivity index (χ0n) is 14.0. The Labute approximate surface area is 138 Å². The average Bonchev–Trinajstić information content (AvgIpc) is 2.56. The molecule has 1 heterocycles. The van der Waals surface area contributed by atoms with Crippen molar-refractivity contribution in [3.63, 3.8) is 0 Å². The molecule has 0 aliphatic rings. The normalized spacial score (nSPS) is 12.7. The van der Waals surface area contributed by atoms with Gasteiger partial charge in [0.2, 0.25) is 5.91 Å². The van der Waals surface area contributed by atoms with Crippen LogP contribution in [0.25, 0.3) is 0 Å². The zero-order valence-corrected chi connectivity index (χ0v) is 14.0. The first-order valence-corrected chi connectivity index (χ1v) is 8.02. The number of nitrogens with zero attached hydrogens (tertiary/aromatic N) is 1. The third-order valence-corrected chi connectivity index (χ3v) is 3.94. The second-order valence-electron chi connectivity index (χ2n) is 6.26. The molecule has 2 rings (SSSR count). The van der Waals surface area contributed by atoms with Crippen LogP contribution in [0.3, 0.4) is 0 Å². The molecule has 1 atom stereocenters. The van der Waals surface area contributed by atoms with Gasteiger partial charge in [-0.1, -0.05) is 43.3 Å². The Hall–Kier alpha value is -2.20. The zero-order chi connectivity index (χ0) is 16.7. The number of hydrogen-bond acceptors (Lipinski definition) is 3. The molecule has 0 aliphatic heterocycles. The summed E-state index contributed by atoms with van der Waals surface area (Å²) in [7, 11) is 0. The summed E-state index contributed by atoms with van der Waals surface area (Å²) >= 11 is 0. The number of rotatable bonds is 7. The van der Waals surface area contributed by atoms with Crippen LogP contribution in [0.5, 0.6) is 0 Å². The summed E-state index contributed by atoms with van der Waals surface area (Å²) in [4.78, 5) is 16.6. The number of nitrogens with one attached hydrogen (secondary N) is 2. The van der Waals surface area contributed by atoms with Crippen LogP contribution < -0.4 is 10.6 Å². The van der Waals surface area contributed by atoms with Crippen LogP contribution in [-0.4, -0.2) is 23.0 Å². The predicted octanol–water partition coefficient (Wildman–Crippen LogP) is 3.07. The van der Waals surface area contributed by atoms with E-state index >= 15 is 0 Å². The molecule has 0 bridgehead atoms. The molecule has 2 N–H and O–H groups in total. The standard InChI is InChI=1S/C19H25N3O/c1-4-19(2,3)22-17(23)14-21-18(15-10-6-5-7-11-15)16-12-8-9-13-20-16/h5-13,18,21H,4,14H2,1-3H3,(H,22,23). The minimum absolute atomic E-state index is 0.00582. The van der Waals surface area contributed by atoms with E-state index in [-0.39, 0.29) is 24.0 Å². The van der Waals surface area contributed by atoms with Crippen molar-refractivity contribution in [2.75, 3.05) is 6.54 Å². The number of aromatic nitrogens is 1. The Morgan fingerprint density at radius 2 is 1.83 bits per heavy atom. The van der Waals surface area contributed by atoms with Gasteiger partial charge in [-0.25, -0.2) is 0 Å². The van der Waals surface area contributed by atoms with E-state index in [0.29, 0.717) is 0 Å². The second kappa shape index (κ2) is 7.88. The van der Waals surface area contributed by atoms with Crippen molar-refractivity contribution in [2.24, 2.45) is 0 Å². The van der Waals surface area contributed by atoms with Gasteiger partial charge in [0.15, 0.2) is 0 Å². The summed E-state index contributed by atoms with van der Waals surface area (Å²) in [5.74, 6) is -0.00582. The van der Waals surface area contributed by atoms with Gasteiger partial charge in [0.05, 0.1) is 18.3 Å². The molecule has 0 saturated heterocycles. The highest BCUT2D eigenvalue weighted by Gasteiger charge is 2.20. The first kappa shape index (κ1) is 17.2. The number of carbonyl (C=O) groups is 1. The number of pyridine rings is 1. The van der Waals surface area contributed by atoms with E-state index in [4.69, 9.17) is 0 Å². The number of hydrogen-bond donors (Lipinski definition) is 2. The quantitative estimate of drug-likeness (QED) is 0.826. The topological polar surface area (TPSA) is 54.0 Å². The molecule has 0 saturated carbocycles. The largest absolute Gasteiger partial charge is 0.350 e. The summed E-state index contributed by atoms with van der Waals surface area (Å²) in [6, 6.07) is 15.8. The Bertz CT molecular complexity index is 572. The van der Waals surface area contributed by atoms with Gasteiger partial charge in [-0.2, -0.15) is 0 Å². The molecule has 4 heteroatoms. The van der Waals surface area contributed by atoms with E-state index in [1.807, 2.05) is 62.4 Å². The first-order chi connectivity index (χ1) is 11.0. The summed E-state index contributed by atoms with van der Waals surface area (Å²) in [5.41, 5.74) is 1.81. The SMILES string of the molecule is CCC(C)(C)NC(=O)CNC(c1ccccc1)c1ccccn1. The maximum atomic E-state index is 12.2. The third kappa shape index (κ3) is 5.18. The molecule has 122 valence electrons. The van der Waals surface area contributed by atoms with Crippen LogP contribution in [0.1, 0.15) is 44.5 Å². The van der Waals surface area contributed by atoms with Crippen molar-refractivity contribution in [2.45, 2.75) is 38.8 Å². The van der Waals surface area contributed by atoms with Gasteiger partial charge in [-0.3, -0.25) is 15.1 Å². The molecule has 1 aromatic carbocycles. The monoisotopic (exact) mass is 311 g/mol. The van der Waals surface area contributed by atoms with Gasteiger partial charge in [-0.05, 0) is 38.0 Å². The van der Waals surface area contributed by atoms with Gasteiger partial charge in [0, 0.05) is 11.7 Å². The fourth-order valence-electron chi connectivity index (χ4n) is 2.29. The molecule has 1 aromatic heterocycles. The predicted molar refractivity (Wildman–Crippen MR) is 93.0 cm³/mol. The molecule has 0 fully saturated rings. The minimum Gasteiger partial charge on any atom is -0.350 e. The van der Waals surface area contributed by atoms with E-state index in [0.717, 1.165) is 17.7 Å². The summed E-state index contributed by atoms with van der Waals surface area (Å²) < 4.78 is 0. The maximum Gasteiger partial charge on any atom is 0.234 e. The summed E-state index contributed by atoms with van der Waals surface area (Å²) in [6.45, 7) is 6.37. The van der Waals surface area contributed by atoms with E-state index < -0.39 is 0 Å².